The van der Waals surface area contributed by atoms with Crippen molar-refractivity contribution in [1.29, 1.82) is 0 Å². The molecule has 0 N–H and O–H groups in total. The van der Waals surface area contributed by atoms with E-state index < -0.39 is 0 Å². The molecule has 8 nitrogen and oxygen atoms in total. The summed E-state index contributed by atoms with van der Waals surface area (Å²) < 4.78 is 5.75. The van der Waals surface area contributed by atoms with Crippen molar-refractivity contribution in [2.45, 2.75) is 13.8 Å². The summed E-state index contributed by atoms with van der Waals surface area (Å²) in [5.74, 6) is 1.33. The first-order chi connectivity index (χ1) is 15.0. The van der Waals surface area contributed by atoms with E-state index in [0.29, 0.717) is 55.9 Å². The number of rotatable bonds is 6. The Bertz CT molecular complexity index is 980. The van der Waals surface area contributed by atoms with Crippen molar-refractivity contribution >= 4 is 23.3 Å². The highest BCUT2D eigenvalue weighted by Gasteiger charge is 2.40. The SMILES string of the molecule is CC(C)COc1ccc(C2=C(N3CCN(c4ncccn4)CC3)C(=O)N(C)C2=O)cc1. The molecule has 1 aromatic heterocycles. The standard InChI is InChI=1S/C23H27N5O3/c1-16(2)15-31-18-7-5-17(6-8-18)19-20(22(30)26(3)21(19)29)27-11-13-28(14-12-27)23-24-9-4-10-25-23/h4-10,16H,11-15H2,1-3H3. The first-order valence-electron chi connectivity index (χ1n) is 10.5. The van der Waals surface area contributed by atoms with Crippen molar-refractivity contribution in [3.8, 4) is 5.75 Å². The molecule has 0 radical (unpaired) electrons. The van der Waals surface area contributed by atoms with Crippen LogP contribution in [0.3, 0.4) is 0 Å². The average molecular weight is 422 g/mol. The predicted octanol–water partition coefficient (Wildman–Crippen LogP) is 2.04. The maximum Gasteiger partial charge on any atom is 0.277 e. The molecule has 8 heteroatoms. The van der Waals surface area contributed by atoms with Crippen molar-refractivity contribution in [2.75, 3.05) is 44.7 Å². The number of benzene rings is 1. The Hall–Kier alpha value is -3.42. The van der Waals surface area contributed by atoms with Gasteiger partial charge in [-0.25, -0.2) is 9.97 Å². The quantitative estimate of drug-likeness (QED) is 0.661. The van der Waals surface area contributed by atoms with Crippen LogP contribution in [0.5, 0.6) is 5.75 Å². The Morgan fingerprint density at radius 2 is 1.55 bits per heavy atom. The van der Waals surface area contributed by atoms with Gasteiger partial charge >= 0.3 is 0 Å². The third-order valence-corrected chi connectivity index (χ3v) is 5.42. The summed E-state index contributed by atoms with van der Waals surface area (Å²) in [4.78, 5) is 39.7. The molecule has 162 valence electrons. The number of imide groups is 1. The van der Waals surface area contributed by atoms with E-state index in [9.17, 15) is 9.59 Å². The number of piperazine rings is 1. The van der Waals surface area contributed by atoms with Crippen LogP contribution in [0.15, 0.2) is 48.4 Å². The van der Waals surface area contributed by atoms with Gasteiger partial charge in [0.25, 0.3) is 11.8 Å². The molecular weight excluding hydrogens is 394 g/mol. The number of hydrogen-bond acceptors (Lipinski definition) is 7. The molecule has 1 fully saturated rings. The van der Waals surface area contributed by atoms with Crippen LogP contribution in [0.25, 0.3) is 5.57 Å². The number of ether oxygens (including phenoxy) is 1. The third kappa shape index (κ3) is 4.23. The van der Waals surface area contributed by atoms with Gasteiger partial charge in [-0.1, -0.05) is 26.0 Å². The normalized spacial score (nSPS) is 17.2. The van der Waals surface area contributed by atoms with Crippen LogP contribution in [-0.4, -0.2) is 71.4 Å². The summed E-state index contributed by atoms with van der Waals surface area (Å²) in [7, 11) is 1.53. The summed E-state index contributed by atoms with van der Waals surface area (Å²) in [5, 5.41) is 0. The number of anilines is 1. The molecule has 2 aromatic rings. The highest BCUT2D eigenvalue weighted by atomic mass is 16.5. The van der Waals surface area contributed by atoms with Crippen LogP contribution in [-0.2, 0) is 9.59 Å². The van der Waals surface area contributed by atoms with E-state index in [1.807, 2.05) is 29.2 Å². The molecule has 0 saturated carbocycles. The predicted molar refractivity (Wildman–Crippen MR) is 117 cm³/mol. The molecule has 2 aliphatic rings. The first-order valence-corrected chi connectivity index (χ1v) is 10.5. The lowest BCUT2D eigenvalue weighted by molar-refractivity contribution is -0.135. The van der Waals surface area contributed by atoms with Gasteiger partial charge in [-0.2, -0.15) is 0 Å². The number of aromatic nitrogens is 2. The smallest absolute Gasteiger partial charge is 0.277 e. The second-order valence-corrected chi connectivity index (χ2v) is 8.15. The topological polar surface area (TPSA) is 78.9 Å². The zero-order valence-electron chi connectivity index (χ0n) is 18.1. The lowest BCUT2D eigenvalue weighted by Crippen LogP contribution is -2.48. The number of carbonyl (C=O) groups is 2. The molecule has 0 unspecified atom stereocenters. The monoisotopic (exact) mass is 421 g/mol. The second-order valence-electron chi connectivity index (χ2n) is 8.15. The highest BCUT2D eigenvalue weighted by Crippen LogP contribution is 2.32. The van der Waals surface area contributed by atoms with Crippen LogP contribution in [0.1, 0.15) is 19.4 Å². The van der Waals surface area contributed by atoms with Gasteiger partial charge < -0.3 is 14.5 Å². The Balaban J connectivity index is 1.56. The highest BCUT2D eigenvalue weighted by molar-refractivity contribution is 6.35. The molecule has 4 rings (SSSR count). The van der Waals surface area contributed by atoms with E-state index in [-0.39, 0.29) is 11.8 Å². The number of hydrogen-bond donors (Lipinski definition) is 0. The molecule has 1 aromatic carbocycles. The number of nitrogens with zero attached hydrogens (tertiary/aromatic N) is 5. The molecule has 3 heterocycles. The van der Waals surface area contributed by atoms with Gasteiger partial charge in [-0.15, -0.1) is 0 Å². The van der Waals surface area contributed by atoms with Gasteiger partial charge in [0.05, 0.1) is 12.2 Å². The number of amides is 2. The minimum atomic E-state index is -0.273. The van der Waals surface area contributed by atoms with Gasteiger partial charge in [-0.05, 0) is 29.7 Å². The van der Waals surface area contributed by atoms with Crippen LogP contribution < -0.4 is 9.64 Å². The first kappa shape index (κ1) is 20.8. The van der Waals surface area contributed by atoms with E-state index >= 15 is 0 Å². The maximum absolute atomic E-state index is 12.9. The Morgan fingerprint density at radius 3 is 2.16 bits per heavy atom. The van der Waals surface area contributed by atoms with Gasteiger partial charge in [-0.3, -0.25) is 14.5 Å². The molecule has 0 aliphatic carbocycles. The maximum atomic E-state index is 12.9. The molecular formula is C23H27N5O3. The minimum Gasteiger partial charge on any atom is -0.493 e. The molecule has 1 saturated heterocycles. The molecule has 0 atom stereocenters. The van der Waals surface area contributed by atoms with Crippen LogP contribution in [0, 0.1) is 5.92 Å². The summed E-state index contributed by atoms with van der Waals surface area (Å²) >= 11 is 0. The zero-order chi connectivity index (χ0) is 22.0. The van der Waals surface area contributed by atoms with Gasteiger partial charge in [0, 0.05) is 45.6 Å². The van der Waals surface area contributed by atoms with Crippen molar-refractivity contribution in [2.24, 2.45) is 5.92 Å². The van der Waals surface area contributed by atoms with Crippen molar-refractivity contribution in [3.63, 3.8) is 0 Å². The molecule has 0 bridgehead atoms. The van der Waals surface area contributed by atoms with E-state index in [1.54, 1.807) is 18.5 Å². The van der Waals surface area contributed by atoms with Gasteiger partial charge in [0.2, 0.25) is 5.95 Å². The van der Waals surface area contributed by atoms with E-state index in [4.69, 9.17) is 4.74 Å². The van der Waals surface area contributed by atoms with Gasteiger partial charge in [0.1, 0.15) is 11.4 Å². The number of likely N-dealkylation sites (N-methyl/N-ethyl adjacent to an activating group) is 1. The molecule has 2 aliphatic heterocycles. The fraction of sp³-hybridized carbons (Fsp3) is 0.391. The van der Waals surface area contributed by atoms with Crippen LogP contribution >= 0.6 is 0 Å². The Labute approximate surface area is 182 Å². The van der Waals surface area contributed by atoms with Crippen molar-refractivity contribution in [3.05, 3.63) is 54.0 Å². The molecule has 31 heavy (non-hydrogen) atoms. The summed E-state index contributed by atoms with van der Waals surface area (Å²) in [6, 6.07) is 9.19. The minimum absolute atomic E-state index is 0.260. The van der Waals surface area contributed by atoms with E-state index in [2.05, 4.69) is 28.7 Å². The van der Waals surface area contributed by atoms with Gasteiger partial charge in [0.15, 0.2) is 0 Å². The Kier molecular flexibility index (Phi) is 5.88. The van der Waals surface area contributed by atoms with Crippen molar-refractivity contribution in [1.82, 2.24) is 19.8 Å². The summed E-state index contributed by atoms with van der Waals surface area (Å²) in [5.41, 5.74) is 1.65. The van der Waals surface area contributed by atoms with E-state index in [0.717, 1.165) is 11.3 Å². The third-order valence-electron chi connectivity index (χ3n) is 5.42. The summed E-state index contributed by atoms with van der Waals surface area (Å²) in [6.45, 7) is 7.38. The van der Waals surface area contributed by atoms with Crippen LogP contribution in [0.2, 0.25) is 0 Å². The summed E-state index contributed by atoms with van der Waals surface area (Å²) in [6.07, 6.45) is 3.44. The largest absolute Gasteiger partial charge is 0.493 e. The molecule has 2 amide bonds. The lowest BCUT2D eigenvalue weighted by atomic mass is 10.0. The fourth-order valence-electron chi connectivity index (χ4n) is 3.75. The van der Waals surface area contributed by atoms with E-state index in [1.165, 1.54) is 11.9 Å². The second kappa shape index (κ2) is 8.75. The van der Waals surface area contributed by atoms with Crippen LogP contribution in [0.4, 0.5) is 5.95 Å². The Morgan fingerprint density at radius 1 is 0.935 bits per heavy atom. The zero-order valence-corrected chi connectivity index (χ0v) is 18.1. The number of carbonyl (C=O) groups excluding carboxylic acids is 2. The average Bonchev–Trinajstić information content (AvgIpc) is 3.02. The lowest BCUT2D eigenvalue weighted by Gasteiger charge is -2.36. The fourth-order valence-corrected chi connectivity index (χ4v) is 3.75. The molecule has 0 spiro atoms. The van der Waals surface area contributed by atoms with Crippen molar-refractivity contribution < 1.29 is 14.3 Å².